The van der Waals surface area contributed by atoms with Crippen molar-refractivity contribution in [3.8, 4) is 0 Å². The number of hydrogen-bond donors (Lipinski definition) is 2. The highest BCUT2D eigenvalue weighted by molar-refractivity contribution is 7.79. The predicted molar refractivity (Wildman–Crippen MR) is 64.1 cm³/mol. The van der Waals surface area contributed by atoms with E-state index in [1.807, 2.05) is 12.2 Å². The Kier molecular flexibility index (Phi) is 6.51. The molecule has 1 nitrogen and oxygen atoms in total. The first-order valence-corrected chi connectivity index (χ1v) is 5.32. The summed E-state index contributed by atoms with van der Waals surface area (Å²) in [6, 6.07) is 0.534. The molecule has 0 aliphatic carbocycles. The van der Waals surface area contributed by atoms with Gasteiger partial charge in [-0.05, 0) is 20.1 Å². The summed E-state index contributed by atoms with van der Waals surface area (Å²) in [5.41, 5.74) is 1.27. The van der Waals surface area contributed by atoms with Gasteiger partial charge in [0.1, 0.15) is 0 Å². The van der Waals surface area contributed by atoms with Gasteiger partial charge in [0.05, 0.1) is 0 Å². The third-order valence-corrected chi connectivity index (χ3v) is 1.94. The summed E-state index contributed by atoms with van der Waals surface area (Å²) >= 11 is 3.53. The van der Waals surface area contributed by atoms with E-state index in [1.54, 1.807) is 6.26 Å². The van der Waals surface area contributed by atoms with E-state index >= 15 is 0 Å². The monoisotopic (exact) mass is 197 g/mol. The van der Waals surface area contributed by atoms with Gasteiger partial charge in [-0.25, -0.2) is 0 Å². The molecule has 0 amide bonds. The third-order valence-electron chi connectivity index (χ3n) is 1.94. The van der Waals surface area contributed by atoms with Gasteiger partial charge >= 0.3 is 0 Å². The van der Waals surface area contributed by atoms with Gasteiger partial charge in [0.25, 0.3) is 0 Å². The Labute approximate surface area is 87.0 Å². The molecule has 0 radical (unpaired) electrons. The van der Waals surface area contributed by atoms with Crippen molar-refractivity contribution in [3.05, 3.63) is 36.6 Å². The average molecular weight is 197 g/mol. The first-order valence-electron chi connectivity index (χ1n) is 4.43. The first-order chi connectivity index (χ1) is 6.24. The summed E-state index contributed by atoms with van der Waals surface area (Å²) in [7, 11) is 0. The molecule has 1 rings (SSSR count). The number of allylic oxidation sites excluding steroid dienone is 3. The summed E-state index contributed by atoms with van der Waals surface area (Å²) in [5, 5.41) is 3.35. The van der Waals surface area contributed by atoms with Crippen molar-refractivity contribution in [3.63, 3.8) is 0 Å². The second-order valence-electron chi connectivity index (χ2n) is 2.98. The summed E-state index contributed by atoms with van der Waals surface area (Å²) < 4.78 is 0. The highest BCUT2D eigenvalue weighted by Gasteiger charge is 2.17. The molecule has 0 saturated carbocycles. The van der Waals surface area contributed by atoms with Gasteiger partial charge < -0.3 is 5.32 Å². The van der Waals surface area contributed by atoms with E-state index in [-0.39, 0.29) is 0 Å². The van der Waals surface area contributed by atoms with Crippen LogP contribution in [0.4, 0.5) is 0 Å². The van der Waals surface area contributed by atoms with Crippen molar-refractivity contribution < 1.29 is 0 Å². The molecule has 1 aliphatic rings. The smallest absolute Gasteiger partial charge is 0.0328 e. The largest absolute Gasteiger partial charge is 0.385 e. The van der Waals surface area contributed by atoms with Crippen LogP contribution in [0.15, 0.2) is 36.6 Å². The van der Waals surface area contributed by atoms with Gasteiger partial charge in [-0.2, -0.15) is 12.6 Å². The van der Waals surface area contributed by atoms with Gasteiger partial charge in [-0.1, -0.05) is 30.9 Å². The van der Waals surface area contributed by atoms with Crippen LogP contribution in [0.2, 0.25) is 0 Å². The fourth-order valence-corrected chi connectivity index (χ4v) is 1.37. The van der Waals surface area contributed by atoms with E-state index in [4.69, 9.17) is 0 Å². The zero-order valence-electron chi connectivity index (χ0n) is 8.62. The number of nitrogens with one attached hydrogen (secondary N) is 1. The number of thiol groups is 1. The Morgan fingerprint density at radius 3 is 2.54 bits per heavy atom. The normalized spacial score (nSPS) is 26.0. The van der Waals surface area contributed by atoms with E-state index in [1.165, 1.54) is 5.70 Å². The lowest BCUT2D eigenvalue weighted by atomic mass is 10.0. The van der Waals surface area contributed by atoms with Gasteiger partial charge in [-0.15, -0.1) is 0 Å². The van der Waals surface area contributed by atoms with Crippen LogP contribution >= 0.6 is 12.6 Å². The van der Waals surface area contributed by atoms with E-state index in [2.05, 4.69) is 50.5 Å². The summed E-state index contributed by atoms with van der Waals surface area (Å²) in [5.74, 6) is 0.535. The fraction of sp³-hybridized carbons (Fsp3) is 0.455. The minimum absolute atomic E-state index is 0.534. The van der Waals surface area contributed by atoms with Crippen LogP contribution in [0.3, 0.4) is 0 Å². The molecule has 2 unspecified atom stereocenters. The van der Waals surface area contributed by atoms with Crippen LogP contribution in [0.1, 0.15) is 13.8 Å². The first kappa shape index (κ1) is 12.4. The van der Waals surface area contributed by atoms with Crippen molar-refractivity contribution in [2.24, 2.45) is 5.92 Å². The number of rotatable bonds is 2. The van der Waals surface area contributed by atoms with E-state index < -0.39 is 0 Å². The lowest BCUT2D eigenvalue weighted by Crippen LogP contribution is -2.22. The minimum Gasteiger partial charge on any atom is -0.385 e. The molecule has 13 heavy (non-hydrogen) atoms. The molecule has 0 saturated heterocycles. The lowest BCUT2D eigenvalue weighted by Gasteiger charge is -2.10. The van der Waals surface area contributed by atoms with Crippen LogP contribution in [0.5, 0.6) is 0 Å². The molecule has 0 fully saturated rings. The Morgan fingerprint density at radius 1 is 1.54 bits per heavy atom. The molecule has 0 aromatic rings. The molecular weight excluding hydrogens is 178 g/mol. The summed E-state index contributed by atoms with van der Waals surface area (Å²) in [6.07, 6.45) is 9.91. The molecule has 0 bridgehead atoms. The maximum Gasteiger partial charge on any atom is 0.0328 e. The molecule has 1 N–H and O–H groups in total. The lowest BCUT2D eigenvalue weighted by molar-refractivity contribution is 0.588. The SMILES string of the molecule is C=C/C=C\C1C=C(C)NC1C.CS. The Hall–Kier alpha value is -0.630. The average Bonchev–Trinajstić information content (AvgIpc) is 2.45. The second kappa shape index (κ2) is 6.84. The van der Waals surface area contributed by atoms with E-state index in [0.29, 0.717) is 12.0 Å². The maximum atomic E-state index is 3.64. The van der Waals surface area contributed by atoms with E-state index in [0.717, 1.165) is 0 Å². The molecule has 0 aromatic carbocycles. The van der Waals surface area contributed by atoms with Crippen molar-refractivity contribution in [2.75, 3.05) is 6.26 Å². The van der Waals surface area contributed by atoms with Crippen LogP contribution in [0, 0.1) is 5.92 Å². The molecule has 1 heterocycles. The van der Waals surface area contributed by atoms with Crippen LogP contribution in [-0.4, -0.2) is 12.3 Å². The molecule has 0 spiro atoms. The molecule has 74 valence electrons. The molecule has 2 atom stereocenters. The quantitative estimate of drug-likeness (QED) is 0.512. The van der Waals surface area contributed by atoms with Gasteiger partial charge in [0, 0.05) is 17.7 Å². The zero-order chi connectivity index (χ0) is 10.3. The van der Waals surface area contributed by atoms with Gasteiger partial charge in [0.15, 0.2) is 0 Å². The van der Waals surface area contributed by atoms with Gasteiger partial charge in [-0.3, -0.25) is 0 Å². The van der Waals surface area contributed by atoms with Crippen molar-refractivity contribution in [1.29, 1.82) is 0 Å². The van der Waals surface area contributed by atoms with Crippen LogP contribution < -0.4 is 5.32 Å². The van der Waals surface area contributed by atoms with Crippen LogP contribution in [-0.2, 0) is 0 Å². The molecule has 1 aliphatic heterocycles. The van der Waals surface area contributed by atoms with Gasteiger partial charge in [0.2, 0.25) is 0 Å². The zero-order valence-corrected chi connectivity index (χ0v) is 9.51. The minimum atomic E-state index is 0.534. The Balaban J connectivity index is 0.000000671. The molecule has 0 aromatic heterocycles. The Bertz CT molecular complexity index is 206. The maximum absolute atomic E-state index is 3.64. The molecule has 2 heteroatoms. The van der Waals surface area contributed by atoms with Crippen molar-refractivity contribution >= 4 is 12.6 Å². The summed E-state index contributed by atoms with van der Waals surface area (Å²) in [6.45, 7) is 7.92. The predicted octanol–water partition coefficient (Wildman–Crippen LogP) is 2.79. The third kappa shape index (κ3) is 4.23. The van der Waals surface area contributed by atoms with E-state index in [9.17, 15) is 0 Å². The van der Waals surface area contributed by atoms with Crippen molar-refractivity contribution in [2.45, 2.75) is 19.9 Å². The Morgan fingerprint density at radius 2 is 2.15 bits per heavy atom. The summed E-state index contributed by atoms with van der Waals surface area (Å²) in [4.78, 5) is 0. The van der Waals surface area contributed by atoms with Crippen molar-refractivity contribution in [1.82, 2.24) is 5.32 Å². The highest BCUT2D eigenvalue weighted by Crippen LogP contribution is 2.17. The number of hydrogen-bond acceptors (Lipinski definition) is 2. The fourth-order valence-electron chi connectivity index (χ4n) is 1.37. The highest BCUT2D eigenvalue weighted by atomic mass is 32.1. The van der Waals surface area contributed by atoms with Crippen LogP contribution in [0.25, 0.3) is 0 Å². The second-order valence-corrected chi connectivity index (χ2v) is 2.98. The molecular formula is C11H19NS. The topological polar surface area (TPSA) is 12.0 Å². The standard InChI is InChI=1S/C10H15N.CH4S/c1-4-5-6-10-7-8(2)11-9(10)3;1-2/h4-7,9-11H,1H2,2-3H3;2H,1H3/b6-5-;.